The van der Waals surface area contributed by atoms with Gasteiger partial charge < -0.3 is 9.74 Å². The Morgan fingerprint density at radius 2 is 2.12 bits per heavy atom. The third-order valence-corrected chi connectivity index (χ3v) is 4.66. The minimum atomic E-state index is -0.241. The Labute approximate surface area is 148 Å². The van der Waals surface area contributed by atoms with E-state index in [9.17, 15) is 4.39 Å². The van der Waals surface area contributed by atoms with Crippen molar-refractivity contribution in [2.75, 3.05) is 26.7 Å². The number of aromatic nitrogens is 1. The van der Waals surface area contributed by atoms with Gasteiger partial charge in [-0.15, -0.1) is 0 Å². The maximum atomic E-state index is 13.1. The van der Waals surface area contributed by atoms with Crippen LogP contribution in [0.3, 0.4) is 0 Å². The fourth-order valence-electron chi connectivity index (χ4n) is 3.38. The number of pyridine rings is 1. The summed E-state index contributed by atoms with van der Waals surface area (Å²) in [5, 5.41) is 4.14. The number of rotatable bonds is 6. The molecule has 4 nitrogen and oxygen atoms in total. The molecule has 0 N–H and O–H groups in total. The highest BCUT2D eigenvalue weighted by Crippen LogP contribution is 2.25. The number of halogens is 1. The van der Waals surface area contributed by atoms with Crippen LogP contribution in [0.25, 0.3) is 0 Å². The van der Waals surface area contributed by atoms with Crippen LogP contribution in [0.1, 0.15) is 36.4 Å². The molecule has 0 spiro atoms. The van der Waals surface area contributed by atoms with Crippen LogP contribution in [0.5, 0.6) is 0 Å². The van der Waals surface area contributed by atoms with Crippen LogP contribution in [0, 0.1) is 5.82 Å². The zero-order chi connectivity index (χ0) is 17.5. The maximum absolute atomic E-state index is 13.1. The van der Waals surface area contributed by atoms with Crippen LogP contribution in [0.15, 0.2) is 53.8 Å². The zero-order valence-corrected chi connectivity index (χ0v) is 14.6. The second kappa shape index (κ2) is 8.72. The second-order valence-electron chi connectivity index (χ2n) is 6.37. The summed E-state index contributed by atoms with van der Waals surface area (Å²) in [6.45, 7) is 3.01. The monoisotopic (exact) mass is 341 g/mol. The van der Waals surface area contributed by atoms with E-state index in [1.54, 1.807) is 19.2 Å². The molecule has 1 aromatic heterocycles. The van der Waals surface area contributed by atoms with E-state index in [4.69, 9.17) is 4.84 Å². The molecule has 3 rings (SSSR count). The van der Waals surface area contributed by atoms with E-state index in [0.717, 1.165) is 37.3 Å². The number of benzene rings is 1. The first-order chi connectivity index (χ1) is 12.3. The average molecular weight is 341 g/mol. The van der Waals surface area contributed by atoms with E-state index in [2.05, 4.69) is 27.2 Å². The standard InChI is InChI=1S/C20H24FN3O/c1-25-23-20(16-7-9-18(21)10-8-16)11-14-24-13-4-5-17(15-24)19-6-2-3-12-22-19/h2-3,6-10,12,17H,4-5,11,13-15H2,1H3/b23-20+. The third-order valence-electron chi connectivity index (χ3n) is 4.66. The largest absolute Gasteiger partial charge is 0.399 e. The quantitative estimate of drug-likeness (QED) is 0.592. The molecule has 0 aliphatic carbocycles. The van der Waals surface area contributed by atoms with Crippen molar-refractivity contribution in [3.8, 4) is 0 Å². The Morgan fingerprint density at radius 3 is 2.84 bits per heavy atom. The highest BCUT2D eigenvalue weighted by atomic mass is 19.1. The van der Waals surface area contributed by atoms with E-state index in [0.29, 0.717) is 5.92 Å². The molecule has 1 atom stereocenters. The van der Waals surface area contributed by atoms with Gasteiger partial charge in [-0.2, -0.15) is 0 Å². The molecule has 1 saturated heterocycles. The van der Waals surface area contributed by atoms with Gasteiger partial charge in [-0.25, -0.2) is 4.39 Å². The molecule has 1 aliphatic heterocycles. The van der Waals surface area contributed by atoms with Crippen molar-refractivity contribution in [2.45, 2.75) is 25.2 Å². The van der Waals surface area contributed by atoms with Gasteiger partial charge in [0, 0.05) is 37.3 Å². The molecule has 1 aromatic carbocycles. The minimum Gasteiger partial charge on any atom is -0.399 e. The molecular weight excluding hydrogens is 317 g/mol. The first-order valence-electron chi connectivity index (χ1n) is 8.75. The molecule has 1 aliphatic rings. The topological polar surface area (TPSA) is 37.7 Å². The lowest BCUT2D eigenvalue weighted by atomic mass is 9.94. The van der Waals surface area contributed by atoms with E-state index in [1.165, 1.54) is 30.7 Å². The van der Waals surface area contributed by atoms with Crippen molar-refractivity contribution in [1.82, 2.24) is 9.88 Å². The van der Waals surface area contributed by atoms with E-state index < -0.39 is 0 Å². The van der Waals surface area contributed by atoms with Gasteiger partial charge in [-0.1, -0.05) is 23.4 Å². The molecular formula is C20H24FN3O. The van der Waals surface area contributed by atoms with Crippen molar-refractivity contribution in [2.24, 2.45) is 5.16 Å². The summed E-state index contributed by atoms with van der Waals surface area (Å²) in [5.41, 5.74) is 2.93. The SMILES string of the molecule is CO/N=C(\CCN1CCCC(c2ccccn2)C1)c1ccc(F)cc1. The molecule has 1 fully saturated rings. The predicted octanol–water partition coefficient (Wildman–Crippen LogP) is 3.84. The predicted molar refractivity (Wildman–Crippen MR) is 97.2 cm³/mol. The number of nitrogens with zero attached hydrogens (tertiary/aromatic N) is 3. The second-order valence-corrected chi connectivity index (χ2v) is 6.37. The van der Waals surface area contributed by atoms with Crippen LogP contribution < -0.4 is 0 Å². The van der Waals surface area contributed by atoms with Gasteiger partial charge in [-0.3, -0.25) is 4.98 Å². The summed E-state index contributed by atoms with van der Waals surface area (Å²) in [6.07, 6.45) is 5.00. The molecule has 2 aromatic rings. The lowest BCUT2D eigenvalue weighted by Gasteiger charge is -2.32. The van der Waals surface area contributed by atoms with Gasteiger partial charge in [0.1, 0.15) is 12.9 Å². The average Bonchev–Trinajstić information content (AvgIpc) is 2.67. The van der Waals surface area contributed by atoms with E-state index >= 15 is 0 Å². The summed E-state index contributed by atoms with van der Waals surface area (Å²) >= 11 is 0. The summed E-state index contributed by atoms with van der Waals surface area (Å²) in [6, 6.07) is 12.5. The van der Waals surface area contributed by atoms with Crippen molar-refractivity contribution >= 4 is 5.71 Å². The van der Waals surface area contributed by atoms with Crippen molar-refractivity contribution in [3.05, 3.63) is 65.7 Å². The molecule has 0 amide bonds. The van der Waals surface area contributed by atoms with Gasteiger partial charge in [0.05, 0.1) is 5.71 Å². The number of hydrogen-bond acceptors (Lipinski definition) is 4. The smallest absolute Gasteiger partial charge is 0.123 e. The Hall–Kier alpha value is -2.27. The van der Waals surface area contributed by atoms with Gasteiger partial charge in [0.15, 0.2) is 0 Å². The number of piperidine rings is 1. The van der Waals surface area contributed by atoms with Crippen LogP contribution >= 0.6 is 0 Å². The highest BCUT2D eigenvalue weighted by Gasteiger charge is 2.22. The molecule has 25 heavy (non-hydrogen) atoms. The normalized spacial score (nSPS) is 19.0. The van der Waals surface area contributed by atoms with Crippen molar-refractivity contribution in [1.29, 1.82) is 0 Å². The van der Waals surface area contributed by atoms with Crippen molar-refractivity contribution in [3.63, 3.8) is 0 Å². The Kier molecular flexibility index (Phi) is 6.12. The van der Waals surface area contributed by atoms with Crippen LogP contribution in [0.4, 0.5) is 4.39 Å². The fraction of sp³-hybridized carbons (Fsp3) is 0.400. The molecule has 5 heteroatoms. The lowest BCUT2D eigenvalue weighted by Crippen LogP contribution is -2.36. The minimum absolute atomic E-state index is 0.241. The summed E-state index contributed by atoms with van der Waals surface area (Å²) in [7, 11) is 1.54. The molecule has 0 bridgehead atoms. The molecule has 0 radical (unpaired) electrons. The van der Waals surface area contributed by atoms with Crippen LogP contribution in [-0.2, 0) is 4.84 Å². The molecule has 2 heterocycles. The molecule has 0 saturated carbocycles. The van der Waals surface area contributed by atoms with Gasteiger partial charge >= 0.3 is 0 Å². The van der Waals surface area contributed by atoms with E-state index in [1.807, 2.05) is 12.3 Å². The first kappa shape index (κ1) is 17.5. The Balaban J connectivity index is 1.61. The van der Waals surface area contributed by atoms with E-state index in [-0.39, 0.29) is 5.82 Å². The van der Waals surface area contributed by atoms with Gasteiger partial charge in [-0.05, 0) is 49.2 Å². The number of oxime groups is 1. The van der Waals surface area contributed by atoms with Crippen LogP contribution in [0.2, 0.25) is 0 Å². The molecule has 1 unspecified atom stereocenters. The molecule has 132 valence electrons. The lowest BCUT2D eigenvalue weighted by molar-refractivity contribution is 0.203. The maximum Gasteiger partial charge on any atom is 0.123 e. The zero-order valence-electron chi connectivity index (χ0n) is 14.6. The van der Waals surface area contributed by atoms with Gasteiger partial charge in [0.2, 0.25) is 0 Å². The summed E-state index contributed by atoms with van der Waals surface area (Å²) in [4.78, 5) is 12.0. The Bertz CT molecular complexity index is 688. The number of likely N-dealkylation sites (tertiary alicyclic amines) is 1. The highest BCUT2D eigenvalue weighted by molar-refractivity contribution is 6.00. The first-order valence-corrected chi connectivity index (χ1v) is 8.75. The Morgan fingerprint density at radius 1 is 1.28 bits per heavy atom. The van der Waals surface area contributed by atoms with Gasteiger partial charge in [0.25, 0.3) is 0 Å². The van der Waals surface area contributed by atoms with Crippen molar-refractivity contribution < 1.29 is 9.23 Å². The summed E-state index contributed by atoms with van der Waals surface area (Å²) < 4.78 is 13.1. The fourth-order valence-corrected chi connectivity index (χ4v) is 3.38. The third kappa shape index (κ3) is 4.86. The number of hydrogen-bond donors (Lipinski definition) is 0. The van der Waals surface area contributed by atoms with Crippen LogP contribution in [-0.4, -0.2) is 42.3 Å². The summed E-state index contributed by atoms with van der Waals surface area (Å²) in [5.74, 6) is 0.248.